The molecule has 0 fully saturated rings. The second-order valence-corrected chi connectivity index (χ2v) is 23.2. The zero-order valence-electron chi connectivity index (χ0n) is 43.2. The Kier molecular flexibility index (Phi) is 20.6. The third-order valence-corrected chi connectivity index (χ3v) is 13.8. The highest BCUT2D eigenvalue weighted by molar-refractivity contribution is 7.89. The van der Waals surface area contributed by atoms with E-state index in [9.17, 15) is 49.9 Å². The van der Waals surface area contributed by atoms with Gasteiger partial charge >= 0.3 is 18.2 Å². The van der Waals surface area contributed by atoms with Crippen molar-refractivity contribution in [3.8, 4) is 0 Å². The average Bonchev–Trinajstić information content (AvgIpc) is 3.72. The van der Waals surface area contributed by atoms with Crippen molar-refractivity contribution in [3.63, 3.8) is 0 Å². The number of amides is 3. The number of aromatic carboxylic acids is 1. The van der Waals surface area contributed by atoms with Gasteiger partial charge < -0.3 is 30.1 Å². The van der Waals surface area contributed by atoms with E-state index in [0.29, 0.717) is 34.5 Å². The standard InChI is InChI=1S/C25H36FN5O5S.C23H31FN4O6S/c1-17-21(15-18-9-11-20(12-10-18)37(34,35)30(7)8)22(23(32)29(5)6)28-31(17)16-19(26)13-14-27-24(33)36-25(2,3)4;1-15-19(13-16-7-9-18(10-8-16)35(32,33)27(5)6)20(21(29)30)26-28(15)14-17(24)11-12-25-22(31)34-23(2,3)4/h9-13H,14-16H2,1-8H3,(H,27,33);7-11H,12-14H2,1-6H3,(H,25,31)(H,29,30)/b19-13-;17-11-. The molecular weight excluding hydrogens is 981 g/mol. The number of hydrogen-bond donors (Lipinski definition) is 3. The fourth-order valence-corrected chi connectivity index (χ4v) is 8.18. The number of halogens is 2. The Bertz CT molecular complexity index is 2860. The summed E-state index contributed by atoms with van der Waals surface area (Å²) in [5.74, 6) is -2.76. The van der Waals surface area contributed by atoms with Crippen molar-refractivity contribution >= 4 is 44.1 Å². The van der Waals surface area contributed by atoms with Gasteiger partial charge in [0, 0.05) is 90.7 Å². The summed E-state index contributed by atoms with van der Waals surface area (Å²) < 4.78 is 93.4. The van der Waals surface area contributed by atoms with Crippen LogP contribution in [0.25, 0.3) is 0 Å². The Morgan fingerprint density at radius 2 is 0.958 bits per heavy atom. The molecule has 0 atom stereocenters. The number of hydrogen-bond acceptors (Lipinski definition) is 12. The van der Waals surface area contributed by atoms with Crippen molar-refractivity contribution < 1.29 is 59.4 Å². The van der Waals surface area contributed by atoms with E-state index in [1.165, 1.54) is 72.8 Å². The van der Waals surface area contributed by atoms with Gasteiger partial charge in [-0.15, -0.1) is 0 Å². The molecule has 0 aliphatic carbocycles. The monoisotopic (exact) mass is 1050 g/mol. The van der Waals surface area contributed by atoms with Crippen LogP contribution in [0.3, 0.4) is 0 Å². The van der Waals surface area contributed by atoms with Gasteiger partial charge in [-0.3, -0.25) is 14.2 Å². The van der Waals surface area contributed by atoms with E-state index < -0.39 is 61.1 Å². The number of benzene rings is 2. The highest BCUT2D eigenvalue weighted by Gasteiger charge is 2.25. The lowest BCUT2D eigenvalue weighted by Crippen LogP contribution is -2.32. The number of carboxylic acids is 1. The Hall–Kier alpha value is -6.50. The summed E-state index contributed by atoms with van der Waals surface area (Å²) in [6.45, 7) is 13.0. The van der Waals surface area contributed by atoms with Gasteiger partial charge in [0.15, 0.2) is 11.4 Å². The van der Waals surface area contributed by atoms with Crippen molar-refractivity contribution in [1.29, 1.82) is 0 Å². The first-order valence-electron chi connectivity index (χ1n) is 22.4. The van der Waals surface area contributed by atoms with E-state index in [0.717, 1.165) is 20.2 Å². The smallest absolute Gasteiger partial charge is 0.407 e. The number of carbonyl (C=O) groups excluding carboxylic acids is 3. The fourth-order valence-electron chi connectivity index (χ4n) is 6.38. The number of sulfonamides is 2. The molecule has 0 saturated heterocycles. The Morgan fingerprint density at radius 3 is 1.26 bits per heavy atom. The minimum Gasteiger partial charge on any atom is -0.476 e. The lowest BCUT2D eigenvalue weighted by Gasteiger charge is -2.19. The molecule has 0 bridgehead atoms. The van der Waals surface area contributed by atoms with Crippen LogP contribution in [-0.2, 0) is 55.5 Å². The number of carboxylic acid groups (broad SMARTS) is 1. The van der Waals surface area contributed by atoms with Crippen LogP contribution in [0.4, 0.5) is 18.4 Å². The van der Waals surface area contributed by atoms with E-state index in [4.69, 9.17) is 9.47 Å². The van der Waals surface area contributed by atoms with Crippen LogP contribution in [0.1, 0.15) is 96.2 Å². The first kappa shape index (κ1) is 59.8. The van der Waals surface area contributed by atoms with Crippen molar-refractivity contribution in [2.75, 3.05) is 55.4 Å². The van der Waals surface area contributed by atoms with Gasteiger partial charge in [0.25, 0.3) is 5.91 Å². The maximum absolute atomic E-state index is 14.7. The topological polar surface area (TPSA) is 245 Å². The third kappa shape index (κ3) is 17.4. The summed E-state index contributed by atoms with van der Waals surface area (Å²) in [6, 6.07) is 12.5. The molecule has 2 heterocycles. The summed E-state index contributed by atoms with van der Waals surface area (Å²) >= 11 is 0. The maximum Gasteiger partial charge on any atom is 0.407 e. The molecule has 4 rings (SSSR count). The molecule has 20 nitrogen and oxygen atoms in total. The van der Waals surface area contributed by atoms with E-state index in [-0.39, 0.29) is 59.7 Å². The lowest BCUT2D eigenvalue weighted by atomic mass is 10.0. The van der Waals surface area contributed by atoms with E-state index in [1.807, 2.05) is 0 Å². The van der Waals surface area contributed by atoms with E-state index in [2.05, 4.69) is 20.8 Å². The maximum atomic E-state index is 14.7. The molecule has 0 radical (unpaired) electrons. The summed E-state index contributed by atoms with van der Waals surface area (Å²) in [5.41, 5.74) is 2.13. The minimum absolute atomic E-state index is 0.0698. The largest absolute Gasteiger partial charge is 0.476 e. The first-order chi connectivity index (χ1) is 33.1. The molecule has 3 N–H and O–H groups in total. The molecular formula is C48H67F2N9O11S2. The molecule has 4 aromatic rings. The minimum atomic E-state index is -3.59. The second-order valence-electron chi connectivity index (χ2n) is 18.9. The quantitative estimate of drug-likeness (QED) is 0.100. The summed E-state index contributed by atoms with van der Waals surface area (Å²) in [6.07, 6.45) is 1.49. The van der Waals surface area contributed by atoms with Gasteiger partial charge in [-0.1, -0.05) is 24.3 Å². The van der Waals surface area contributed by atoms with Gasteiger partial charge in [0.05, 0.1) is 22.9 Å². The Balaban J connectivity index is 0.000000381. The van der Waals surface area contributed by atoms with Crippen LogP contribution in [-0.4, -0.2) is 146 Å². The van der Waals surface area contributed by atoms with Gasteiger partial charge in [-0.2, -0.15) is 10.2 Å². The van der Waals surface area contributed by atoms with Crippen molar-refractivity contribution in [2.24, 2.45) is 0 Å². The van der Waals surface area contributed by atoms with Crippen LogP contribution in [0, 0.1) is 13.8 Å². The zero-order valence-corrected chi connectivity index (χ0v) is 44.9. The molecule has 2 aromatic carbocycles. The average molecular weight is 1050 g/mol. The van der Waals surface area contributed by atoms with Crippen LogP contribution in [0.5, 0.6) is 0 Å². The highest BCUT2D eigenvalue weighted by atomic mass is 32.2. The molecule has 0 unspecified atom stereocenters. The Labute approximate surface area is 420 Å². The molecule has 0 aliphatic heterocycles. The summed E-state index contributed by atoms with van der Waals surface area (Å²) in [7, 11) is 1.83. The first-order valence-corrected chi connectivity index (χ1v) is 25.3. The third-order valence-electron chi connectivity index (χ3n) is 10.2. The molecule has 72 heavy (non-hydrogen) atoms. The summed E-state index contributed by atoms with van der Waals surface area (Å²) in [4.78, 5) is 49.6. The van der Waals surface area contributed by atoms with Gasteiger partial charge in [-0.05, 0) is 103 Å². The van der Waals surface area contributed by atoms with Gasteiger partial charge in [-0.25, -0.2) is 48.6 Å². The van der Waals surface area contributed by atoms with Crippen molar-refractivity contribution in [2.45, 2.75) is 102 Å². The fraction of sp³-hybridized carbons (Fsp3) is 0.458. The number of nitrogens with zero attached hydrogens (tertiary/aromatic N) is 7. The number of ether oxygens (including phenoxy) is 2. The number of aromatic nitrogens is 4. The molecule has 396 valence electrons. The molecule has 0 spiro atoms. The number of carbonyl (C=O) groups is 4. The second kappa shape index (κ2) is 24.8. The van der Waals surface area contributed by atoms with Crippen LogP contribution in [0.2, 0.25) is 0 Å². The zero-order chi connectivity index (χ0) is 54.7. The predicted molar refractivity (Wildman–Crippen MR) is 266 cm³/mol. The number of alkyl carbamates (subject to hydrolysis) is 2. The molecule has 24 heteroatoms. The molecule has 0 saturated carbocycles. The van der Waals surface area contributed by atoms with E-state index in [1.54, 1.807) is 93.8 Å². The van der Waals surface area contributed by atoms with Gasteiger partial charge in [0.1, 0.15) is 22.9 Å². The van der Waals surface area contributed by atoms with Crippen molar-refractivity contribution in [3.05, 3.63) is 117 Å². The number of rotatable bonds is 18. The van der Waals surface area contributed by atoms with Gasteiger partial charge in [0.2, 0.25) is 20.0 Å². The summed E-state index contributed by atoms with van der Waals surface area (Å²) in [5, 5.41) is 22.9. The number of allylic oxidation sites excluding steroid dienone is 2. The molecule has 0 aliphatic rings. The van der Waals surface area contributed by atoms with Crippen molar-refractivity contribution in [1.82, 2.24) is 43.7 Å². The normalized spacial score (nSPS) is 12.6. The van der Waals surface area contributed by atoms with Crippen LogP contribution in [0.15, 0.2) is 82.1 Å². The van der Waals surface area contributed by atoms with E-state index >= 15 is 0 Å². The lowest BCUT2D eigenvalue weighted by molar-refractivity contribution is 0.0522. The predicted octanol–water partition coefficient (Wildman–Crippen LogP) is 6.22. The SMILES string of the molecule is Cc1c(Cc2ccc(S(=O)(=O)N(C)C)cc2)c(C(=O)N(C)C)nn1C/C(F)=C/CNC(=O)OC(C)(C)C.Cc1c(Cc2ccc(S(=O)(=O)N(C)C)cc2)c(C(=O)O)nn1C/C(F)=C/CNC(=O)OC(C)(C)C. The van der Waals surface area contributed by atoms with Crippen LogP contribution >= 0.6 is 0 Å². The Morgan fingerprint density at radius 1 is 0.625 bits per heavy atom. The number of nitrogens with one attached hydrogen (secondary N) is 2. The van der Waals surface area contributed by atoms with Crippen LogP contribution < -0.4 is 10.6 Å². The molecule has 2 aromatic heterocycles. The molecule has 3 amide bonds. The highest BCUT2D eigenvalue weighted by Crippen LogP contribution is 2.24.